The molecule has 0 heterocycles. The number of hydrazine groups is 1. The van der Waals surface area contributed by atoms with E-state index in [1.54, 1.807) is 18.8 Å². The first-order valence-corrected chi connectivity index (χ1v) is 3.90. The zero-order valence-corrected chi connectivity index (χ0v) is 6.66. The molecule has 0 saturated carbocycles. The molecule has 0 atom stereocenters. The molecule has 3 nitrogen and oxygen atoms in total. The number of nitrogens with zero attached hydrogens (tertiary/aromatic N) is 1. The Hall–Kier alpha value is -0.220. The van der Waals surface area contributed by atoms with Crippen LogP contribution in [0.15, 0.2) is 4.99 Å². The van der Waals surface area contributed by atoms with Crippen LogP contribution in [0.3, 0.4) is 0 Å². The van der Waals surface area contributed by atoms with Gasteiger partial charge in [-0.25, -0.2) is 5.84 Å². The molecule has 0 fully saturated rings. The highest BCUT2D eigenvalue weighted by Crippen LogP contribution is 2.01. The molecule has 0 aromatic heterocycles. The molecular weight excluding hydrogens is 134 g/mol. The van der Waals surface area contributed by atoms with E-state index in [0.717, 1.165) is 17.3 Å². The Morgan fingerprint density at radius 2 is 2.44 bits per heavy atom. The molecule has 0 amide bonds. The summed E-state index contributed by atoms with van der Waals surface area (Å²) < 4.78 is 0. The van der Waals surface area contributed by atoms with Crippen LogP contribution in [-0.2, 0) is 0 Å². The molecule has 0 bridgehead atoms. The first kappa shape index (κ1) is 8.78. The molecular formula is C5H13N3S. The van der Waals surface area contributed by atoms with Gasteiger partial charge >= 0.3 is 0 Å². The van der Waals surface area contributed by atoms with Gasteiger partial charge in [-0.2, -0.15) is 0 Å². The second-order valence-electron chi connectivity index (χ2n) is 1.52. The molecule has 0 rings (SSSR count). The molecule has 0 aromatic rings. The number of hydrogen-bond donors (Lipinski definition) is 2. The minimum Gasteiger partial charge on any atom is -0.303 e. The van der Waals surface area contributed by atoms with Crippen molar-refractivity contribution in [3.05, 3.63) is 0 Å². The lowest BCUT2D eigenvalue weighted by atomic mass is 10.6. The number of amidine groups is 1. The number of thioether (sulfide) groups is 1. The quantitative estimate of drug-likeness (QED) is 0.260. The Morgan fingerprint density at radius 3 is 2.78 bits per heavy atom. The monoisotopic (exact) mass is 147 g/mol. The van der Waals surface area contributed by atoms with E-state index < -0.39 is 0 Å². The minimum absolute atomic E-state index is 0.803. The maximum Gasteiger partial charge on any atom is 0.170 e. The molecule has 9 heavy (non-hydrogen) atoms. The summed E-state index contributed by atoms with van der Waals surface area (Å²) in [5.41, 5.74) is 2.50. The zero-order valence-electron chi connectivity index (χ0n) is 5.85. The highest BCUT2D eigenvalue weighted by atomic mass is 32.2. The standard InChI is InChI=1S/C5H13N3S/c1-3-4-9-5(7-2)8-6/h3-4,6H2,1-2H3,(H,7,8). The van der Waals surface area contributed by atoms with Crippen molar-refractivity contribution in [1.82, 2.24) is 5.43 Å². The van der Waals surface area contributed by atoms with Crippen LogP contribution in [0.1, 0.15) is 13.3 Å². The van der Waals surface area contributed by atoms with Crippen LogP contribution < -0.4 is 11.3 Å². The molecule has 0 unspecified atom stereocenters. The summed E-state index contributed by atoms with van der Waals surface area (Å²) in [4.78, 5) is 3.89. The summed E-state index contributed by atoms with van der Waals surface area (Å²) in [6.45, 7) is 2.12. The summed E-state index contributed by atoms with van der Waals surface area (Å²) in [6, 6.07) is 0. The predicted molar refractivity (Wildman–Crippen MR) is 43.4 cm³/mol. The lowest BCUT2D eigenvalue weighted by Crippen LogP contribution is -2.27. The third-order valence-electron chi connectivity index (χ3n) is 0.769. The van der Waals surface area contributed by atoms with Gasteiger partial charge in [-0.3, -0.25) is 4.99 Å². The van der Waals surface area contributed by atoms with Crippen LogP contribution in [0.4, 0.5) is 0 Å². The summed E-state index contributed by atoms with van der Waals surface area (Å²) in [5, 5.41) is 0.803. The highest BCUT2D eigenvalue weighted by molar-refractivity contribution is 8.13. The Kier molecular flexibility index (Phi) is 5.76. The minimum atomic E-state index is 0.803. The fourth-order valence-electron chi connectivity index (χ4n) is 0.370. The third-order valence-corrected chi connectivity index (χ3v) is 1.96. The van der Waals surface area contributed by atoms with Crippen molar-refractivity contribution in [2.24, 2.45) is 10.8 Å². The third kappa shape index (κ3) is 4.29. The fourth-order valence-corrected chi connectivity index (χ4v) is 0.979. The van der Waals surface area contributed by atoms with Gasteiger partial charge in [0.25, 0.3) is 0 Å². The van der Waals surface area contributed by atoms with Gasteiger partial charge in [0.05, 0.1) is 0 Å². The van der Waals surface area contributed by atoms with E-state index >= 15 is 0 Å². The smallest absolute Gasteiger partial charge is 0.170 e. The van der Waals surface area contributed by atoms with Gasteiger partial charge in [0.2, 0.25) is 0 Å². The van der Waals surface area contributed by atoms with Gasteiger partial charge in [-0.15, -0.1) is 0 Å². The van der Waals surface area contributed by atoms with Crippen molar-refractivity contribution in [3.8, 4) is 0 Å². The molecule has 0 spiro atoms. The van der Waals surface area contributed by atoms with E-state index in [9.17, 15) is 0 Å². The van der Waals surface area contributed by atoms with Crippen LogP contribution in [0.25, 0.3) is 0 Å². The summed E-state index contributed by atoms with van der Waals surface area (Å²) in [7, 11) is 1.72. The number of nitrogens with two attached hydrogens (primary N) is 1. The Labute approximate surface area is 60.1 Å². The van der Waals surface area contributed by atoms with Crippen LogP contribution in [-0.4, -0.2) is 18.0 Å². The van der Waals surface area contributed by atoms with E-state index in [-0.39, 0.29) is 0 Å². The van der Waals surface area contributed by atoms with E-state index in [4.69, 9.17) is 5.84 Å². The molecule has 54 valence electrons. The number of hydrogen-bond acceptors (Lipinski definition) is 3. The SMILES string of the molecule is CCCSC(=NC)NN. The molecule has 4 heteroatoms. The van der Waals surface area contributed by atoms with Crippen molar-refractivity contribution in [1.29, 1.82) is 0 Å². The zero-order chi connectivity index (χ0) is 7.11. The van der Waals surface area contributed by atoms with Crippen molar-refractivity contribution < 1.29 is 0 Å². The second-order valence-corrected chi connectivity index (χ2v) is 2.61. The van der Waals surface area contributed by atoms with Crippen LogP contribution in [0.2, 0.25) is 0 Å². The number of nitrogens with one attached hydrogen (secondary N) is 1. The van der Waals surface area contributed by atoms with E-state index in [2.05, 4.69) is 17.3 Å². The Morgan fingerprint density at radius 1 is 1.78 bits per heavy atom. The molecule has 0 aliphatic rings. The van der Waals surface area contributed by atoms with Gasteiger partial charge in [-0.05, 0) is 6.42 Å². The van der Waals surface area contributed by atoms with Gasteiger partial charge < -0.3 is 5.43 Å². The van der Waals surface area contributed by atoms with Gasteiger partial charge in [0, 0.05) is 12.8 Å². The van der Waals surface area contributed by atoms with Crippen LogP contribution in [0, 0.1) is 0 Å². The van der Waals surface area contributed by atoms with E-state index in [0.29, 0.717) is 0 Å². The number of aliphatic imine (C=N–C) groups is 1. The molecule has 0 aliphatic heterocycles. The topological polar surface area (TPSA) is 50.4 Å². The van der Waals surface area contributed by atoms with Crippen LogP contribution in [0.5, 0.6) is 0 Å². The van der Waals surface area contributed by atoms with Crippen molar-refractivity contribution in [3.63, 3.8) is 0 Å². The van der Waals surface area contributed by atoms with Crippen LogP contribution >= 0.6 is 11.8 Å². The highest BCUT2D eigenvalue weighted by Gasteiger charge is 1.91. The maximum atomic E-state index is 5.12. The summed E-state index contributed by atoms with van der Waals surface area (Å²) in [5.74, 6) is 6.19. The van der Waals surface area contributed by atoms with E-state index in [1.807, 2.05) is 0 Å². The fraction of sp³-hybridized carbons (Fsp3) is 0.800. The first-order chi connectivity index (χ1) is 4.35. The van der Waals surface area contributed by atoms with E-state index in [1.165, 1.54) is 0 Å². The lowest BCUT2D eigenvalue weighted by molar-refractivity contribution is 1.04. The Balaban J connectivity index is 3.33. The van der Waals surface area contributed by atoms with Crippen molar-refractivity contribution in [2.45, 2.75) is 13.3 Å². The summed E-state index contributed by atoms with van der Waals surface area (Å²) >= 11 is 1.64. The first-order valence-electron chi connectivity index (χ1n) is 2.91. The molecule has 0 radical (unpaired) electrons. The van der Waals surface area contributed by atoms with Gasteiger partial charge in [0.15, 0.2) is 5.17 Å². The maximum absolute atomic E-state index is 5.12. The molecule has 3 N–H and O–H groups in total. The predicted octanol–water partition coefficient (Wildman–Crippen LogP) is 0.579. The average Bonchev–Trinajstić information content (AvgIpc) is 1.91. The summed E-state index contributed by atoms with van der Waals surface area (Å²) in [6.07, 6.45) is 1.14. The number of rotatable bonds is 2. The average molecular weight is 147 g/mol. The lowest BCUT2D eigenvalue weighted by Gasteiger charge is -2.00. The molecule has 0 saturated heterocycles. The Bertz CT molecular complexity index is 92.2. The normalized spacial score (nSPS) is 11.7. The van der Waals surface area contributed by atoms with Gasteiger partial charge in [0.1, 0.15) is 0 Å². The van der Waals surface area contributed by atoms with Crippen molar-refractivity contribution >= 4 is 16.9 Å². The van der Waals surface area contributed by atoms with Gasteiger partial charge in [-0.1, -0.05) is 18.7 Å². The molecule has 0 aliphatic carbocycles. The molecule has 0 aromatic carbocycles. The largest absolute Gasteiger partial charge is 0.303 e. The second kappa shape index (κ2) is 5.91. The van der Waals surface area contributed by atoms with Crippen molar-refractivity contribution in [2.75, 3.05) is 12.8 Å².